The molecule has 0 fully saturated rings. The molecule has 7 heteroatoms. The van der Waals surface area contributed by atoms with Crippen molar-refractivity contribution in [3.05, 3.63) is 69.6 Å². The van der Waals surface area contributed by atoms with E-state index in [9.17, 15) is 15.2 Å². The number of fused-ring (bicyclic) bond motifs is 1. The van der Waals surface area contributed by atoms with E-state index in [1.807, 2.05) is 19.9 Å². The molecule has 6 nitrogen and oxygen atoms in total. The fourth-order valence-corrected chi connectivity index (χ4v) is 5.17. The summed E-state index contributed by atoms with van der Waals surface area (Å²) in [5.74, 6) is 0.621. The van der Waals surface area contributed by atoms with Crippen molar-refractivity contribution in [2.75, 3.05) is 0 Å². The summed E-state index contributed by atoms with van der Waals surface area (Å²) >= 11 is 0. The number of ether oxygens (including phenoxy) is 1. The molecule has 0 radical (unpaired) electrons. The normalized spacial score (nSPS) is 16.9. The van der Waals surface area contributed by atoms with Gasteiger partial charge in [0.05, 0.1) is 29.5 Å². The van der Waals surface area contributed by atoms with Crippen LogP contribution in [0.1, 0.15) is 63.8 Å². The van der Waals surface area contributed by atoms with Crippen molar-refractivity contribution in [1.29, 1.82) is 5.26 Å². The predicted octanol–water partition coefficient (Wildman–Crippen LogP) is 4.62. The average molecular weight is 467 g/mol. The van der Waals surface area contributed by atoms with Crippen molar-refractivity contribution in [1.82, 2.24) is 4.57 Å². The first-order valence-corrected chi connectivity index (χ1v) is 14.1. The first kappa shape index (κ1) is 25.0. The summed E-state index contributed by atoms with van der Waals surface area (Å²) in [6.45, 7) is 14.4. The number of hydrogen-bond acceptors (Lipinski definition) is 5. The van der Waals surface area contributed by atoms with E-state index in [4.69, 9.17) is 9.16 Å². The summed E-state index contributed by atoms with van der Waals surface area (Å²) in [5, 5.41) is 20.2. The van der Waals surface area contributed by atoms with Crippen LogP contribution in [0, 0.1) is 16.7 Å². The fraction of sp³-hybridized carbons (Fsp3) is 0.462. The van der Waals surface area contributed by atoms with Gasteiger partial charge >= 0.3 is 0 Å². The highest BCUT2D eigenvalue weighted by Gasteiger charge is 2.30. The van der Waals surface area contributed by atoms with E-state index >= 15 is 0 Å². The van der Waals surface area contributed by atoms with Gasteiger partial charge in [-0.05, 0) is 68.3 Å². The largest absolute Gasteiger partial charge is 0.483 e. The van der Waals surface area contributed by atoms with Gasteiger partial charge in [0.2, 0.25) is 0 Å². The minimum absolute atomic E-state index is 0.100. The van der Waals surface area contributed by atoms with Crippen LogP contribution in [0.2, 0.25) is 13.1 Å². The van der Waals surface area contributed by atoms with E-state index in [2.05, 4.69) is 39.9 Å². The Bertz CT molecular complexity index is 1150. The molecule has 2 atom stereocenters. The Balaban J connectivity index is 1.96. The second-order valence-corrected chi connectivity index (χ2v) is 12.9. The van der Waals surface area contributed by atoms with E-state index in [-0.39, 0.29) is 17.1 Å². The third-order valence-electron chi connectivity index (χ3n) is 5.67. The maximum absolute atomic E-state index is 13.2. The lowest BCUT2D eigenvalue weighted by atomic mass is 9.85. The third-order valence-corrected chi connectivity index (χ3v) is 6.54. The number of hydrogen-bond donors (Lipinski definition) is 1. The lowest BCUT2D eigenvalue weighted by molar-refractivity contribution is 0.0297. The Morgan fingerprint density at radius 2 is 1.94 bits per heavy atom. The Labute approximate surface area is 197 Å². The lowest BCUT2D eigenvalue weighted by Crippen LogP contribution is -2.35. The van der Waals surface area contributed by atoms with E-state index in [0.29, 0.717) is 34.6 Å². The molecule has 0 aliphatic carbocycles. The molecule has 33 heavy (non-hydrogen) atoms. The number of aliphatic hydroxyl groups excluding tert-OH is 1. The van der Waals surface area contributed by atoms with Crippen LogP contribution >= 0.6 is 0 Å². The number of aromatic nitrogens is 1. The second-order valence-electron chi connectivity index (χ2n) is 10.5. The first-order valence-electron chi connectivity index (χ1n) is 11.3. The number of aliphatic hydroxyl groups is 1. The standard InChI is InChI=1S/C26H34N2O4Si/c1-25(2,3)23(32-33(6)7)14-21(29)18-10-11-28(24(30)13-18)20-15-26(4,5)31-22-9-8-17(16-27)12-19(20)22/h8-13,15,21,23,29,33H,14H2,1-7H3. The molecule has 0 bridgehead atoms. The smallest absolute Gasteiger partial charge is 0.255 e. The van der Waals surface area contributed by atoms with Crippen molar-refractivity contribution in [2.24, 2.45) is 5.41 Å². The molecule has 2 heterocycles. The lowest BCUT2D eigenvalue weighted by Gasteiger charge is -2.34. The first-order chi connectivity index (χ1) is 15.3. The second kappa shape index (κ2) is 9.30. The van der Waals surface area contributed by atoms with Crippen molar-refractivity contribution >= 4 is 14.7 Å². The number of nitrogens with zero attached hydrogens (tertiary/aromatic N) is 2. The van der Waals surface area contributed by atoms with Crippen LogP contribution < -0.4 is 10.3 Å². The van der Waals surface area contributed by atoms with Gasteiger partial charge in [0.1, 0.15) is 11.4 Å². The highest BCUT2D eigenvalue weighted by molar-refractivity contribution is 6.48. The molecule has 2 aromatic rings. The summed E-state index contributed by atoms with van der Waals surface area (Å²) in [6.07, 6.45) is 3.08. The van der Waals surface area contributed by atoms with Crippen molar-refractivity contribution in [2.45, 2.75) is 71.9 Å². The molecule has 0 saturated heterocycles. The van der Waals surface area contributed by atoms with Crippen LogP contribution in [0.15, 0.2) is 47.4 Å². The molecule has 1 aliphatic heterocycles. The minimum Gasteiger partial charge on any atom is -0.483 e. The number of benzene rings is 1. The maximum Gasteiger partial charge on any atom is 0.255 e. The fourth-order valence-electron chi connectivity index (χ4n) is 3.99. The van der Waals surface area contributed by atoms with Gasteiger partial charge < -0.3 is 14.3 Å². The van der Waals surface area contributed by atoms with Crippen LogP contribution in [-0.4, -0.2) is 30.4 Å². The molecule has 176 valence electrons. The molecule has 3 rings (SSSR count). The monoisotopic (exact) mass is 466 g/mol. The molecule has 1 aromatic heterocycles. The molecule has 0 spiro atoms. The molecule has 1 N–H and O–H groups in total. The van der Waals surface area contributed by atoms with E-state index < -0.39 is 20.7 Å². The van der Waals surface area contributed by atoms with Gasteiger partial charge in [0.15, 0.2) is 9.04 Å². The van der Waals surface area contributed by atoms with Gasteiger partial charge in [-0.15, -0.1) is 0 Å². The molecule has 1 aromatic carbocycles. The van der Waals surface area contributed by atoms with Crippen LogP contribution in [0.5, 0.6) is 5.75 Å². The SMILES string of the molecule is C[SiH](C)OC(CC(O)c1ccn(C2=CC(C)(C)Oc3ccc(C#N)cc32)c(=O)c1)C(C)(C)C. The van der Waals surface area contributed by atoms with Crippen LogP contribution in [0.4, 0.5) is 0 Å². The van der Waals surface area contributed by atoms with Crippen LogP contribution in [0.3, 0.4) is 0 Å². The molecule has 1 aliphatic rings. The van der Waals surface area contributed by atoms with Crippen molar-refractivity contribution in [3.8, 4) is 11.8 Å². The highest BCUT2D eigenvalue weighted by Crippen LogP contribution is 2.37. The van der Waals surface area contributed by atoms with E-state index in [1.54, 1.807) is 35.0 Å². The maximum atomic E-state index is 13.2. The molecule has 0 saturated carbocycles. The predicted molar refractivity (Wildman–Crippen MR) is 133 cm³/mol. The van der Waals surface area contributed by atoms with Crippen molar-refractivity contribution in [3.63, 3.8) is 0 Å². The average Bonchev–Trinajstić information content (AvgIpc) is 2.70. The summed E-state index contributed by atoms with van der Waals surface area (Å²) < 4.78 is 13.8. The third kappa shape index (κ3) is 5.83. The van der Waals surface area contributed by atoms with Crippen LogP contribution in [0.25, 0.3) is 5.70 Å². The van der Waals surface area contributed by atoms with Gasteiger partial charge in [-0.25, -0.2) is 0 Å². The van der Waals surface area contributed by atoms with Gasteiger partial charge in [0.25, 0.3) is 5.56 Å². The van der Waals surface area contributed by atoms with Gasteiger partial charge in [-0.1, -0.05) is 20.8 Å². The highest BCUT2D eigenvalue weighted by atomic mass is 28.3. The number of nitriles is 1. The summed E-state index contributed by atoms with van der Waals surface area (Å²) in [5.41, 5.74) is 1.41. The van der Waals surface area contributed by atoms with Crippen LogP contribution in [-0.2, 0) is 4.43 Å². The van der Waals surface area contributed by atoms with Gasteiger partial charge in [-0.3, -0.25) is 9.36 Å². The zero-order valence-electron chi connectivity index (χ0n) is 20.5. The van der Waals surface area contributed by atoms with Gasteiger partial charge in [0, 0.05) is 24.2 Å². The summed E-state index contributed by atoms with van der Waals surface area (Å²) in [7, 11) is -1.29. The van der Waals surface area contributed by atoms with Gasteiger partial charge in [-0.2, -0.15) is 5.26 Å². The Morgan fingerprint density at radius 1 is 1.24 bits per heavy atom. The zero-order chi connectivity index (χ0) is 24.6. The minimum atomic E-state index is -1.29. The number of pyridine rings is 1. The summed E-state index contributed by atoms with van der Waals surface area (Å²) in [6, 6.07) is 10.6. The Hall–Kier alpha value is -2.66. The number of rotatable bonds is 6. The van der Waals surface area contributed by atoms with Crippen molar-refractivity contribution < 1.29 is 14.3 Å². The van der Waals surface area contributed by atoms with E-state index in [1.165, 1.54) is 6.07 Å². The topological polar surface area (TPSA) is 84.5 Å². The summed E-state index contributed by atoms with van der Waals surface area (Å²) in [4.78, 5) is 13.2. The molecule has 0 amide bonds. The zero-order valence-corrected chi connectivity index (χ0v) is 21.7. The Kier molecular flexibility index (Phi) is 7.03. The van der Waals surface area contributed by atoms with E-state index in [0.717, 1.165) is 0 Å². The molecular weight excluding hydrogens is 432 g/mol. The Morgan fingerprint density at radius 3 is 2.52 bits per heavy atom. The quantitative estimate of drug-likeness (QED) is 0.628. The molecular formula is C26H34N2O4Si. The molecule has 2 unspecified atom stereocenters.